The first-order valence-corrected chi connectivity index (χ1v) is 7.23. The van der Waals surface area contributed by atoms with Crippen LogP contribution < -0.4 is 10.5 Å². The lowest BCUT2D eigenvalue weighted by Crippen LogP contribution is -2.04. The van der Waals surface area contributed by atoms with Crippen LogP contribution in [-0.2, 0) is 0 Å². The zero-order valence-corrected chi connectivity index (χ0v) is 13.4. The molecule has 2 aromatic rings. The second-order valence-electron chi connectivity index (χ2n) is 4.43. The lowest BCUT2D eigenvalue weighted by molar-refractivity contribution is -0.385. The maximum atomic E-state index is 11.0. The van der Waals surface area contributed by atoms with E-state index < -0.39 is 4.92 Å². The van der Waals surface area contributed by atoms with Gasteiger partial charge in [-0.2, -0.15) is 0 Å². The highest BCUT2D eigenvalue weighted by molar-refractivity contribution is 9.10. The lowest BCUT2D eigenvalue weighted by Gasteiger charge is -2.12. The summed E-state index contributed by atoms with van der Waals surface area (Å²) in [6.45, 7) is 1.84. The van der Waals surface area contributed by atoms with Gasteiger partial charge < -0.3 is 10.5 Å². The van der Waals surface area contributed by atoms with E-state index in [1.165, 1.54) is 6.07 Å². The van der Waals surface area contributed by atoms with Gasteiger partial charge in [-0.3, -0.25) is 10.1 Å². The smallest absolute Gasteiger partial charge is 0.312 e. The van der Waals surface area contributed by atoms with Crippen molar-refractivity contribution in [1.82, 2.24) is 0 Å². The van der Waals surface area contributed by atoms with Crippen LogP contribution in [0.25, 0.3) is 0 Å². The number of nitro benzene ring substituents is 1. The molecule has 1 atom stereocenters. The molecule has 5 nitrogen and oxygen atoms in total. The molecule has 110 valence electrons. The van der Waals surface area contributed by atoms with Crippen LogP contribution in [0.5, 0.6) is 11.5 Å². The number of benzene rings is 2. The van der Waals surface area contributed by atoms with E-state index in [1.807, 2.05) is 6.92 Å². The predicted octanol–water partition coefficient (Wildman–Crippen LogP) is 4.82. The van der Waals surface area contributed by atoms with Crippen LogP contribution in [-0.4, -0.2) is 4.92 Å². The van der Waals surface area contributed by atoms with Crippen LogP contribution in [0.1, 0.15) is 18.5 Å². The number of para-hydroxylation sites is 1. The fraction of sp³-hybridized carbons (Fsp3) is 0.143. The summed E-state index contributed by atoms with van der Waals surface area (Å²) < 4.78 is 6.08. The zero-order valence-electron chi connectivity index (χ0n) is 11.0. The monoisotopic (exact) mass is 370 g/mol. The number of halogens is 2. The molecule has 0 saturated carbocycles. The summed E-state index contributed by atoms with van der Waals surface area (Å²) in [6.07, 6.45) is 0. The third kappa shape index (κ3) is 3.53. The molecular weight excluding hydrogens is 360 g/mol. The highest BCUT2D eigenvalue weighted by Crippen LogP contribution is 2.40. The fourth-order valence-electron chi connectivity index (χ4n) is 1.74. The molecule has 0 saturated heterocycles. The van der Waals surface area contributed by atoms with Gasteiger partial charge in [0.2, 0.25) is 5.75 Å². The lowest BCUT2D eigenvalue weighted by atomic mass is 10.1. The average molecular weight is 372 g/mol. The normalized spacial score (nSPS) is 12.0. The Labute approximate surface area is 134 Å². The number of ether oxygens (including phenoxy) is 1. The van der Waals surface area contributed by atoms with Crippen molar-refractivity contribution in [1.29, 1.82) is 0 Å². The molecule has 0 bridgehead atoms. The summed E-state index contributed by atoms with van der Waals surface area (Å²) in [7, 11) is 0. The van der Waals surface area contributed by atoms with E-state index in [4.69, 9.17) is 22.1 Å². The van der Waals surface area contributed by atoms with Crippen LogP contribution in [0.15, 0.2) is 40.9 Å². The molecule has 0 radical (unpaired) electrons. The summed E-state index contributed by atoms with van der Waals surface area (Å²) in [5.41, 5.74) is 6.49. The molecule has 21 heavy (non-hydrogen) atoms. The van der Waals surface area contributed by atoms with Crippen LogP contribution in [0, 0.1) is 10.1 Å². The topological polar surface area (TPSA) is 78.4 Å². The highest BCUT2D eigenvalue weighted by atomic mass is 79.9. The Bertz CT molecular complexity index is 692. The third-order valence-electron chi connectivity index (χ3n) is 2.84. The quantitative estimate of drug-likeness (QED) is 0.617. The Morgan fingerprint density at radius 2 is 2.10 bits per heavy atom. The van der Waals surface area contributed by atoms with Crippen molar-refractivity contribution in [2.75, 3.05) is 0 Å². The van der Waals surface area contributed by atoms with Crippen molar-refractivity contribution in [3.8, 4) is 11.5 Å². The van der Waals surface area contributed by atoms with Crippen molar-refractivity contribution in [3.05, 3.63) is 61.6 Å². The number of hydrogen-bond acceptors (Lipinski definition) is 4. The maximum absolute atomic E-state index is 11.0. The van der Waals surface area contributed by atoms with Crippen molar-refractivity contribution < 1.29 is 9.66 Å². The number of rotatable bonds is 4. The molecule has 2 N–H and O–H groups in total. The van der Waals surface area contributed by atoms with Crippen molar-refractivity contribution >= 4 is 33.2 Å². The Kier molecular flexibility index (Phi) is 4.82. The van der Waals surface area contributed by atoms with Crippen molar-refractivity contribution in [2.45, 2.75) is 13.0 Å². The van der Waals surface area contributed by atoms with E-state index in [-0.39, 0.29) is 17.5 Å². The fourth-order valence-corrected chi connectivity index (χ4v) is 2.40. The van der Waals surface area contributed by atoms with Gasteiger partial charge in [0.1, 0.15) is 5.75 Å². The van der Waals surface area contributed by atoms with Gasteiger partial charge in [-0.15, -0.1) is 0 Å². The second-order valence-corrected chi connectivity index (χ2v) is 5.69. The molecule has 0 aliphatic rings. The Hall–Kier alpha value is -1.63. The standard InChI is InChI=1S/C14H12BrClN2O3/c1-8(17)9-5-6-13(11(16)7-9)21-14-10(15)3-2-4-12(14)18(19)20/h2-8H,17H2,1H3/t8-/m0/s1. The minimum Gasteiger partial charge on any atom is -0.447 e. The molecule has 7 heteroatoms. The number of nitro groups is 1. The van der Waals surface area contributed by atoms with E-state index in [9.17, 15) is 10.1 Å². The van der Waals surface area contributed by atoms with Crippen LogP contribution >= 0.6 is 27.5 Å². The van der Waals surface area contributed by atoms with Crippen molar-refractivity contribution in [2.24, 2.45) is 5.73 Å². The van der Waals surface area contributed by atoms with E-state index >= 15 is 0 Å². The SMILES string of the molecule is C[C@H](N)c1ccc(Oc2c(Br)cccc2[N+](=O)[O-])c(Cl)c1. The second kappa shape index (κ2) is 6.43. The Balaban J connectivity index is 2.41. The maximum Gasteiger partial charge on any atom is 0.312 e. The molecule has 0 unspecified atom stereocenters. The van der Waals surface area contributed by atoms with Gasteiger partial charge in [-0.05, 0) is 46.6 Å². The van der Waals surface area contributed by atoms with Gasteiger partial charge >= 0.3 is 5.69 Å². The number of nitrogens with zero attached hydrogens (tertiary/aromatic N) is 1. The molecule has 0 amide bonds. The Morgan fingerprint density at radius 1 is 1.38 bits per heavy atom. The molecule has 0 aliphatic heterocycles. The van der Waals surface area contributed by atoms with E-state index in [2.05, 4.69) is 15.9 Å². The highest BCUT2D eigenvalue weighted by Gasteiger charge is 2.19. The minimum atomic E-state index is -0.510. The zero-order chi connectivity index (χ0) is 15.6. The van der Waals surface area contributed by atoms with Crippen molar-refractivity contribution in [3.63, 3.8) is 0 Å². The summed E-state index contributed by atoms with van der Waals surface area (Å²) in [5.74, 6) is 0.439. The Morgan fingerprint density at radius 3 is 2.67 bits per heavy atom. The van der Waals surface area contributed by atoms with Gasteiger partial charge in [0, 0.05) is 12.1 Å². The summed E-state index contributed by atoms with van der Waals surface area (Å²) in [6, 6.07) is 9.53. The molecule has 0 aromatic heterocycles. The molecular formula is C14H12BrClN2O3. The number of nitrogens with two attached hydrogens (primary N) is 1. The van der Waals surface area contributed by atoms with Crippen LogP contribution in [0.4, 0.5) is 5.69 Å². The van der Waals surface area contributed by atoms with Crippen LogP contribution in [0.2, 0.25) is 5.02 Å². The first kappa shape index (κ1) is 15.8. The van der Waals surface area contributed by atoms with E-state index in [0.717, 1.165) is 5.56 Å². The largest absolute Gasteiger partial charge is 0.447 e. The molecule has 0 spiro atoms. The molecule has 2 aromatic carbocycles. The average Bonchev–Trinajstić information content (AvgIpc) is 2.42. The van der Waals surface area contributed by atoms with E-state index in [0.29, 0.717) is 15.2 Å². The summed E-state index contributed by atoms with van der Waals surface area (Å²) in [5, 5.41) is 11.4. The number of hydrogen-bond donors (Lipinski definition) is 1. The van der Waals surface area contributed by atoms with Gasteiger partial charge in [0.15, 0.2) is 0 Å². The van der Waals surface area contributed by atoms with Crippen LogP contribution in [0.3, 0.4) is 0 Å². The van der Waals surface area contributed by atoms with E-state index in [1.54, 1.807) is 30.3 Å². The van der Waals surface area contributed by atoms with Gasteiger partial charge in [0.25, 0.3) is 0 Å². The van der Waals surface area contributed by atoms with Gasteiger partial charge in [0.05, 0.1) is 14.4 Å². The minimum absolute atomic E-state index is 0.109. The first-order chi connectivity index (χ1) is 9.90. The van der Waals surface area contributed by atoms with Gasteiger partial charge in [-0.25, -0.2) is 0 Å². The third-order valence-corrected chi connectivity index (χ3v) is 3.76. The summed E-state index contributed by atoms with van der Waals surface area (Å²) >= 11 is 9.38. The summed E-state index contributed by atoms with van der Waals surface area (Å²) in [4.78, 5) is 10.5. The van der Waals surface area contributed by atoms with Gasteiger partial charge in [-0.1, -0.05) is 23.7 Å². The first-order valence-electron chi connectivity index (χ1n) is 6.06. The molecule has 2 rings (SSSR count). The molecule has 0 fully saturated rings. The predicted molar refractivity (Wildman–Crippen MR) is 84.9 cm³/mol. The molecule has 0 aliphatic carbocycles. The molecule has 0 heterocycles.